The van der Waals surface area contributed by atoms with Crippen LogP contribution in [0.4, 0.5) is 11.4 Å². The Kier molecular flexibility index (Phi) is 5.73. The normalized spacial score (nSPS) is 15.7. The summed E-state index contributed by atoms with van der Waals surface area (Å²) in [5.41, 5.74) is 6.62. The molecule has 6 heteroatoms. The van der Waals surface area contributed by atoms with Crippen molar-refractivity contribution in [1.82, 2.24) is 0 Å². The van der Waals surface area contributed by atoms with Crippen LogP contribution in [-0.4, -0.2) is 41.6 Å². The molecule has 3 rings (SSSR count). The molecule has 2 aromatic carbocycles. The van der Waals surface area contributed by atoms with Crippen molar-refractivity contribution in [2.45, 2.75) is 39.5 Å². The van der Waals surface area contributed by atoms with E-state index in [-0.39, 0.29) is 0 Å². The molecule has 1 heterocycles. The van der Waals surface area contributed by atoms with Gasteiger partial charge in [-0.05, 0) is 86.7 Å². The first kappa shape index (κ1) is 20.7. The first-order valence-corrected chi connectivity index (χ1v) is 11.4. The van der Waals surface area contributed by atoms with E-state index < -0.39 is 10.0 Å². The average molecular weight is 403 g/mol. The lowest BCUT2D eigenvalue weighted by atomic mass is 9.95. The van der Waals surface area contributed by atoms with Crippen molar-refractivity contribution in [3.63, 3.8) is 0 Å². The highest BCUT2D eigenvalue weighted by Gasteiger charge is 2.24. The van der Waals surface area contributed by atoms with Crippen molar-refractivity contribution in [1.29, 1.82) is 0 Å². The first-order chi connectivity index (χ1) is 13.1. The van der Waals surface area contributed by atoms with Crippen molar-refractivity contribution >= 4 is 21.4 Å². The lowest BCUT2D eigenvalue weighted by molar-refractivity contribution is -0.880. The molecule has 0 aromatic heterocycles. The van der Waals surface area contributed by atoms with Crippen LogP contribution in [0.15, 0.2) is 29.2 Å². The van der Waals surface area contributed by atoms with E-state index in [0.29, 0.717) is 10.6 Å². The second-order valence-electron chi connectivity index (χ2n) is 8.05. The van der Waals surface area contributed by atoms with Gasteiger partial charge < -0.3 is 9.80 Å². The molecule has 0 atom stereocenters. The number of hydrogen-bond acceptors (Lipinski definition) is 3. The van der Waals surface area contributed by atoms with Gasteiger partial charge in [-0.2, -0.15) is 0 Å². The summed E-state index contributed by atoms with van der Waals surface area (Å²) in [4.78, 5) is 4.31. The van der Waals surface area contributed by atoms with Crippen LogP contribution in [0.2, 0.25) is 0 Å². The van der Waals surface area contributed by atoms with Gasteiger partial charge in [0.15, 0.2) is 0 Å². The molecule has 2 aromatic rings. The summed E-state index contributed by atoms with van der Waals surface area (Å²) in [6.07, 6.45) is 0. The molecular weight excluding hydrogens is 370 g/mol. The second-order valence-corrected chi connectivity index (χ2v) is 9.67. The van der Waals surface area contributed by atoms with Crippen molar-refractivity contribution in [2.24, 2.45) is 0 Å². The maximum absolute atomic E-state index is 13.2. The van der Waals surface area contributed by atoms with E-state index in [1.165, 1.54) is 0 Å². The largest absolute Gasteiger partial charge is 0.360 e. The number of hydrogen-bond donors (Lipinski definition) is 2. The molecule has 0 saturated carbocycles. The van der Waals surface area contributed by atoms with E-state index in [1.807, 2.05) is 58.9 Å². The summed E-state index contributed by atoms with van der Waals surface area (Å²) in [5, 5.41) is 0. The van der Waals surface area contributed by atoms with Crippen molar-refractivity contribution in [3.05, 3.63) is 52.1 Å². The number of nitrogens with one attached hydrogen (secondary N) is 2. The zero-order valence-corrected chi connectivity index (χ0v) is 18.6. The molecule has 0 radical (unpaired) electrons. The third kappa shape index (κ3) is 3.89. The number of piperazine rings is 1. The molecule has 0 unspecified atom stereocenters. The topological polar surface area (TPSA) is 53.9 Å². The average Bonchev–Trinajstić information content (AvgIpc) is 2.66. The van der Waals surface area contributed by atoms with E-state index in [9.17, 15) is 8.42 Å². The smallest absolute Gasteiger partial charge is 0.262 e. The van der Waals surface area contributed by atoms with E-state index >= 15 is 0 Å². The molecular formula is C22H32N3O2S+. The fourth-order valence-corrected chi connectivity index (χ4v) is 5.62. The summed E-state index contributed by atoms with van der Waals surface area (Å²) in [7, 11) is -1.43. The SMILES string of the molecule is Cc1c(C)c(C)c(S(=O)(=O)Nc2ccc(N3CC[NH+](C)CC3)cc2)c(C)c1C. The Bertz CT molecular complexity index is 945. The number of likely N-dealkylation sites (N-methyl/N-ethyl adjacent to an activating group) is 1. The van der Waals surface area contributed by atoms with Crippen LogP contribution in [0.1, 0.15) is 27.8 Å². The predicted octanol–water partition coefficient (Wildman–Crippen LogP) is 2.36. The van der Waals surface area contributed by atoms with E-state index in [4.69, 9.17) is 0 Å². The maximum atomic E-state index is 13.2. The molecule has 1 aliphatic rings. The molecule has 28 heavy (non-hydrogen) atoms. The van der Waals surface area contributed by atoms with Gasteiger partial charge in [0.1, 0.15) is 0 Å². The predicted molar refractivity (Wildman–Crippen MR) is 116 cm³/mol. The van der Waals surface area contributed by atoms with Gasteiger partial charge in [0, 0.05) is 11.4 Å². The third-order valence-corrected chi connectivity index (χ3v) is 7.96. The van der Waals surface area contributed by atoms with E-state index in [2.05, 4.69) is 16.7 Å². The van der Waals surface area contributed by atoms with Crippen molar-refractivity contribution < 1.29 is 13.3 Å². The highest BCUT2D eigenvalue weighted by molar-refractivity contribution is 7.92. The van der Waals surface area contributed by atoms with Crippen molar-refractivity contribution in [3.8, 4) is 0 Å². The molecule has 152 valence electrons. The number of rotatable bonds is 4. The van der Waals surface area contributed by atoms with E-state index in [0.717, 1.165) is 59.7 Å². The Morgan fingerprint density at radius 1 is 0.821 bits per heavy atom. The van der Waals surface area contributed by atoms with Gasteiger partial charge in [0.2, 0.25) is 0 Å². The summed E-state index contributed by atoms with van der Waals surface area (Å²) >= 11 is 0. The molecule has 0 bridgehead atoms. The van der Waals surface area contributed by atoms with Crippen LogP contribution in [0.5, 0.6) is 0 Å². The standard InChI is InChI=1S/C22H31N3O2S/c1-15-16(2)18(4)22(19(5)17(15)3)28(26,27)23-20-7-9-21(10-8-20)25-13-11-24(6)12-14-25/h7-10,23H,11-14H2,1-6H3/p+1. The summed E-state index contributed by atoms with van der Waals surface area (Å²) in [6.45, 7) is 14.1. The molecule has 2 N–H and O–H groups in total. The summed E-state index contributed by atoms with van der Waals surface area (Å²) < 4.78 is 29.1. The Morgan fingerprint density at radius 3 is 1.79 bits per heavy atom. The first-order valence-electron chi connectivity index (χ1n) is 9.88. The van der Waals surface area contributed by atoms with Crippen LogP contribution in [0.25, 0.3) is 0 Å². The van der Waals surface area contributed by atoms with Gasteiger partial charge in [0.05, 0.1) is 38.1 Å². The number of nitrogens with zero attached hydrogens (tertiary/aromatic N) is 1. The zero-order chi connectivity index (χ0) is 20.6. The zero-order valence-electron chi connectivity index (χ0n) is 17.8. The molecule has 0 amide bonds. The maximum Gasteiger partial charge on any atom is 0.262 e. The number of anilines is 2. The minimum absolute atomic E-state index is 0.402. The lowest BCUT2D eigenvalue weighted by Crippen LogP contribution is -3.12. The minimum Gasteiger partial charge on any atom is -0.360 e. The van der Waals surface area contributed by atoms with Gasteiger partial charge in [-0.15, -0.1) is 0 Å². The molecule has 1 saturated heterocycles. The van der Waals surface area contributed by atoms with Crippen LogP contribution >= 0.6 is 0 Å². The quantitative estimate of drug-likeness (QED) is 0.826. The van der Waals surface area contributed by atoms with Gasteiger partial charge in [0.25, 0.3) is 10.0 Å². The highest BCUT2D eigenvalue weighted by atomic mass is 32.2. The van der Waals surface area contributed by atoms with Gasteiger partial charge >= 0.3 is 0 Å². The van der Waals surface area contributed by atoms with Crippen molar-refractivity contribution in [2.75, 3.05) is 42.8 Å². The number of benzene rings is 2. The highest BCUT2D eigenvalue weighted by Crippen LogP contribution is 2.31. The van der Waals surface area contributed by atoms with Crippen LogP contribution in [0, 0.1) is 34.6 Å². The monoisotopic (exact) mass is 402 g/mol. The Hall–Kier alpha value is -2.05. The molecule has 1 fully saturated rings. The lowest BCUT2D eigenvalue weighted by Gasteiger charge is -2.31. The van der Waals surface area contributed by atoms with Gasteiger partial charge in [-0.3, -0.25) is 4.72 Å². The van der Waals surface area contributed by atoms with Gasteiger partial charge in [-0.1, -0.05) is 0 Å². The Morgan fingerprint density at radius 2 is 1.29 bits per heavy atom. The summed E-state index contributed by atoms with van der Waals surface area (Å²) in [5.74, 6) is 0. The summed E-state index contributed by atoms with van der Waals surface area (Å²) in [6, 6.07) is 7.72. The van der Waals surface area contributed by atoms with Gasteiger partial charge in [-0.25, -0.2) is 8.42 Å². The van der Waals surface area contributed by atoms with Crippen LogP contribution in [-0.2, 0) is 10.0 Å². The second kappa shape index (κ2) is 7.76. The Labute approximate surface area is 169 Å². The fourth-order valence-electron chi connectivity index (χ4n) is 3.96. The fraction of sp³-hybridized carbons (Fsp3) is 0.455. The molecule has 1 aliphatic heterocycles. The third-order valence-electron chi connectivity index (χ3n) is 6.30. The van der Waals surface area contributed by atoms with E-state index in [1.54, 1.807) is 4.90 Å². The van der Waals surface area contributed by atoms with Crippen LogP contribution in [0.3, 0.4) is 0 Å². The Balaban J connectivity index is 1.86. The number of quaternary nitrogens is 1. The molecule has 0 spiro atoms. The minimum atomic E-state index is -3.65. The van der Waals surface area contributed by atoms with Crippen LogP contribution < -0.4 is 14.5 Å². The molecule has 5 nitrogen and oxygen atoms in total. The molecule has 0 aliphatic carbocycles. The number of sulfonamides is 1.